The molecule has 0 radical (unpaired) electrons. The van der Waals surface area contributed by atoms with Gasteiger partial charge in [0.15, 0.2) is 0 Å². The Kier molecular flexibility index (Phi) is 4.90. The SMILES string of the molecule is C\C=C/C=c1/c(C(C)C)ncn/c1=C/CC. The molecule has 2 nitrogen and oxygen atoms in total. The highest BCUT2D eigenvalue weighted by Gasteiger charge is 2.03. The predicted octanol–water partition coefficient (Wildman–Crippen LogP) is 2.15. The summed E-state index contributed by atoms with van der Waals surface area (Å²) in [6, 6.07) is 0. The van der Waals surface area contributed by atoms with Gasteiger partial charge in [-0.05, 0) is 19.3 Å². The van der Waals surface area contributed by atoms with E-state index in [4.69, 9.17) is 0 Å². The molecule has 86 valence electrons. The zero-order valence-corrected chi connectivity index (χ0v) is 10.6. The molecule has 0 saturated carbocycles. The fraction of sp³-hybridized carbons (Fsp3) is 0.429. The lowest BCUT2D eigenvalue weighted by Crippen LogP contribution is -2.33. The van der Waals surface area contributed by atoms with Crippen LogP contribution in [0.1, 0.15) is 45.7 Å². The van der Waals surface area contributed by atoms with Crippen LogP contribution in [0.25, 0.3) is 12.2 Å². The largest absolute Gasteiger partial charge is 0.240 e. The molecule has 0 N–H and O–H groups in total. The first-order valence-corrected chi connectivity index (χ1v) is 5.84. The number of allylic oxidation sites excluding steroid dienone is 2. The molecular formula is C14H20N2. The van der Waals surface area contributed by atoms with Gasteiger partial charge in [0.2, 0.25) is 0 Å². The van der Waals surface area contributed by atoms with Crippen LogP contribution in [0.15, 0.2) is 18.5 Å². The van der Waals surface area contributed by atoms with Gasteiger partial charge in [0.1, 0.15) is 6.33 Å². The van der Waals surface area contributed by atoms with E-state index in [1.807, 2.05) is 19.1 Å². The second kappa shape index (κ2) is 6.21. The predicted molar refractivity (Wildman–Crippen MR) is 69.4 cm³/mol. The molecule has 2 heteroatoms. The highest BCUT2D eigenvalue weighted by atomic mass is 14.8. The molecule has 0 saturated heterocycles. The summed E-state index contributed by atoms with van der Waals surface area (Å²) >= 11 is 0. The van der Waals surface area contributed by atoms with Crippen LogP contribution in [0.4, 0.5) is 0 Å². The molecule has 0 spiro atoms. The van der Waals surface area contributed by atoms with Crippen molar-refractivity contribution in [2.24, 2.45) is 0 Å². The summed E-state index contributed by atoms with van der Waals surface area (Å²) in [7, 11) is 0. The Morgan fingerprint density at radius 1 is 1.31 bits per heavy atom. The van der Waals surface area contributed by atoms with E-state index >= 15 is 0 Å². The van der Waals surface area contributed by atoms with E-state index in [1.165, 1.54) is 0 Å². The van der Waals surface area contributed by atoms with Crippen molar-refractivity contribution in [2.75, 3.05) is 0 Å². The monoisotopic (exact) mass is 216 g/mol. The van der Waals surface area contributed by atoms with Gasteiger partial charge >= 0.3 is 0 Å². The Morgan fingerprint density at radius 3 is 2.62 bits per heavy atom. The molecule has 1 heterocycles. The van der Waals surface area contributed by atoms with Gasteiger partial charge in [0, 0.05) is 5.22 Å². The molecule has 0 aliphatic heterocycles. The van der Waals surface area contributed by atoms with E-state index in [0.29, 0.717) is 5.92 Å². The summed E-state index contributed by atoms with van der Waals surface area (Å²) in [5.41, 5.74) is 1.12. The second-order valence-electron chi connectivity index (χ2n) is 4.02. The number of aromatic nitrogens is 2. The van der Waals surface area contributed by atoms with Crippen molar-refractivity contribution in [2.45, 2.75) is 40.0 Å². The van der Waals surface area contributed by atoms with Crippen LogP contribution in [0, 0.1) is 0 Å². The number of hydrogen-bond acceptors (Lipinski definition) is 2. The van der Waals surface area contributed by atoms with Crippen molar-refractivity contribution in [3.63, 3.8) is 0 Å². The molecule has 0 unspecified atom stereocenters. The van der Waals surface area contributed by atoms with Crippen molar-refractivity contribution >= 4 is 12.2 Å². The molecule has 0 aliphatic rings. The highest BCUT2D eigenvalue weighted by Crippen LogP contribution is 2.03. The fourth-order valence-corrected chi connectivity index (χ4v) is 1.60. The standard InChI is InChI=1S/C14H20N2/c1-5-7-9-12-13(8-6-2)15-10-16-14(12)11(3)4/h5,7-11H,6H2,1-4H3/b7-5-,12-9+,13-8+. The van der Waals surface area contributed by atoms with Crippen LogP contribution in [0.3, 0.4) is 0 Å². The summed E-state index contributed by atoms with van der Waals surface area (Å²) in [5.74, 6) is 0.420. The van der Waals surface area contributed by atoms with Crippen LogP contribution >= 0.6 is 0 Å². The molecule has 0 bridgehead atoms. The van der Waals surface area contributed by atoms with Crippen LogP contribution in [-0.4, -0.2) is 9.97 Å². The summed E-state index contributed by atoms with van der Waals surface area (Å²) < 4.78 is 0. The van der Waals surface area contributed by atoms with Crippen molar-refractivity contribution < 1.29 is 0 Å². The van der Waals surface area contributed by atoms with Gasteiger partial charge < -0.3 is 0 Å². The molecule has 0 aromatic carbocycles. The van der Waals surface area contributed by atoms with Gasteiger partial charge in [0.25, 0.3) is 0 Å². The topological polar surface area (TPSA) is 25.8 Å². The van der Waals surface area contributed by atoms with Gasteiger partial charge in [-0.1, -0.05) is 45.1 Å². The van der Waals surface area contributed by atoms with Crippen molar-refractivity contribution in [3.8, 4) is 0 Å². The molecule has 0 fully saturated rings. The molecule has 1 aromatic heterocycles. The van der Waals surface area contributed by atoms with E-state index in [-0.39, 0.29) is 0 Å². The Labute approximate surface area is 97.5 Å². The molecule has 16 heavy (non-hydrogen) atoms. The van der Waals surface area contributed by atoms with Gasteiger partial charge in [-0.15, -0.1) is 0 Å². The van der Waals surface area contributed by atoms with Crippen LogP contribution < -0.4 is 10.6 Å². The summed E-state index contributed by atoms with van der Waals surface area (Å²) in [6.07, 6.45) is 10.9. The third-order valence-corrected chi connectivity index (χ3v) is 2.35. The first-order valence-electron chi connectivity index (χ1n) is 5.84. The normalized spacial score (nSPS) is 14.3. The molecule has 0 atom stereocenters. The van der Waals surface area contributed by atoms with E-state index in [1.54, 1.807) is 6.33 Å². The van der Waals surface area contributed by atoms with Crippen molar-refractivity contribution in [1.82, 2.24) is 9.97 Å². The number of hydrogen-bond donors (Lipinski definition) is 0. The van der Waals surface area contributed by atoms with Crippen LogP contribution in [0.5, 0.6) is 0 Å². The Bertz CT molecular complexity index is 470. The lowest BCUT2D eigenvalue weighted by Gasteiger charge is -2.04. The number of nitrogens with zero attached hydrogens (tertiary/aromatic N) is 2. The lowest BCUT2D eigenvalue weighted by molar-refractivity contribution is 0.797. The summed E-state index contributed by atoms with van der Waals surface area (Å²) in [6.45, 7) is 8.45. The minimum atomic E-state index is 0.420. The molecule has 0 amide bonds. The first-order chi connectivity index (χ1) is 7.70. The molecule has 1 rings (SSSR count). The summed E-state index contributed by atoms with van der Waals surface area (Å²) in [5, 5.41) is 2.19. The maximum absolute atomic E-state index is 4.38. The molecule has 0 aliphatic carbocycles. The Morgan fingerprint density at radius 2 is 2.06 bits per heavy atom. The quantitative estimate of drug-likeness (QED) is 0.773. The maximum atomic E-state index is 4.38. The Balaban J connectivity index is 3.54. The average Bonchev–Trinajstić information content (AvgIpc) is 2.27. The zero-order chi connectivity index (χ0) is 12.0. The van der Waals surface area contributed by atoms with Gasteiger partial charge in [0.05, 0.1) is 11.0 Å². The van der Waals surface area contributed by atoms with Gasteiger partial charge in [-0.25, -0.2) is 9.97 Å². The van der Waals surface area contributed by atoms with Crippen LogP contribution in [-0.2, 0) is 0 Å². The first kappa shape index (κ1) is 12.6. The second-order valence-corrected chi connectivity index (χ2v) is 4.02. The summed E-state index contributed by atoms with van der Waals surface area (Å²) in [4.78, 5) is 8.71. The number of rotatable bonds is 3. The third-order valence-electron chi connectivity index (χ3n) is 2.35. The minimum absolute atomic E-state index is 0.420. The van der Waals surface area contributed by atoms with Gasteiger partial charge in [-0.3, -0.25) is 0 Å². The van der Waals surface area contributed by atoms with Crippen molar-refractivity contribution in [1.29, 1.82) is 0 Å². The van der Waals surface area contributed by atoms with E-state index in [9.17, 15) is 0 Å². The molecule has 1 aromatic rings. The van der Waals surface area contributed by atoms with Crippen molar-refractivity contribution in [3.05, 3.63) is 34.7 Å². The minimum Gasteiger partial charge on any atom is -0.240 e. The smallest absolute Gasteiger partial charge is 0.116 e. The maximum Gasteiger partial charge on any atom is 0.116 e. The van der Waals surface area contributed by atoms with E-state index in [0.717, 1.165) is 22.7 Å². The third kappa shape index (κ3) is 3.02. The van der Waals surface area contributed by atoms with E-state index < -0.39 is 0 Å². The van der Waals surface area contributed by atoms with Gasteiger partial charge in [-0.2, -0.15) is 0 Å². The lowest BCUT2D eigenvalue weighted by atomic mass is 10.1. The molecular weight excluding hydrogens is 196 g/mol. The fourth-order valence-electron chi connectivity index (χ4n) is 1.60. The van der Waals surface area contributed by atoms with E-state index in [2.05, 4.69) is 42.9 Å². The Hall–Kier alpha value is -1.44. The highest BCUT2D eigenvalue weighted by molar-refractivity contribution is 5.39. The average molecular weight is 216 g/mol. The zero-order valence-electron chi connectivity index (χ0n) is 10.6. The van der Waals surface area contributed by atoms with Crippen LogP contribution in [0.2, 0.25) is 0 Å².